The molecule has 2 rings (SSSR count). The first kappa shape index (κ1) is 11.2. The summed E-state index contributed by atoms with van der Waals surface area (Å²) >= 11 is 12.0. The summed E-state index contributed by atoms with van der Waals surface area (Å²) < 4.78 is 0. The van der Waals surface area contributed by atoms with Crippen LogP contribution >= 0.6 is 23.2 Å². The molecule has 6 heteroatoms. The lowest BCUT2D eigenvalue weighted by Gasteiger charge is -2.11. The molecule has 1 N–H and O–H groups in total. The van der Waals surface area contributed by atoms with E-state index in [0.717, 1.165) is 13.1 Å². The van der Waals surface area contributed by atoms with Gasteiger partial charge in [0.15, 0.2) is 0 Å². The third kappa shape index (κ3) is 2.65. The van der Waals surface area contributed by atoms with Gasteiger partial charge in [-0.15, -0.1) is 0 Å². The highest BCUT2D eigenvalue weighted by Crippen LogP contribution is 2.21. The Morgan fingerprint density at radius 1 is 1.38 bits per heavy atom. The van der Waals surface area contributed by atoms with Gasteiger partial charge in [-0.3, -0.25) is 10.0 Å². The molecule has 84 valence electrons. The first-order valence-electron chi connectivity index (χ1n) is 4.76. The minimum atomic E-state index is 0.577. The standard InChI is InChI=1S/C10H10Cl2N4/c11-9-2-1-3-10(12)8(9)6-14-15-16-5-4-13-7-16/h1-3,6-7,15H,4-5H2. The molecule has 0 aromatic heterocycles. The molecule has 1 aromatic rings. The van der Waals surface area contributed by atoms with Gasteiger partial charge in [0.2, 0.25) is 0 Å². The Kier molecular flexibility index (Phi) is 3.64. The second-order valence-electron chi connectivity index (χ2n) is 3.21. The molecular weight excluding hydrogens is 247 g/mol. The summed E-state index contributed by atoms with van der Waals surface area (Å²) in [5, 5.41) is 6.97. The molecule has 0 fully saturated rings. The third-order valence-electron chi connectivity index (χ3n) is 2.07. The summed E-state index contributed by atoms with van der Waals surface area (Å²) in [6.45, 7) is 1.60. The normalized spacial score (nSPS) is 15.0. The summed E-state index contributed by atoms with van der Waals surface area (Å²) in [5.74, 6) is 0. The van der Waals surface area contributed by atoms with Crippen molar-refractivity contribution >= 4 is 35.8 Å². The van der Waals surface area contributed by atoms with E-state index < -0.39 is 0 Å². The van der Waals surface area contributed by atoms with Crippen LogP contribution in [0.2, 0.25) is 10.0 Å². The Morgan fingerprint density at radius 3 is 2.75 bits per heavy atom. The Labute approximate surface area is 104 Å². The lowest BCUT2D eigenvalue weighted by Crippen LogP contribution is -2.31. The zero-order valence-electron chi connectivity index (χ0n) is 8.40. The number of nitrogens with one attached hydrogen (secondary N) is 1. The molecule has 0 saturated carbocycles. The van der Waals surface area contributed by atoms with E-state index in [2.05, 4.69) is 15.6 Å². The van der Waals surface area contributed by atoms with Crippen LogP contribution in [-0.2, 0) is 0 Å². The van der Waals surface area contributed by atoms with Crippen LogP contribution < -0.4 is 5.53 Å². The van der Waals surface area contributed by atoms with Crippen molar-refractivity contribution in [1.29, 1.82) is 0 Å². The number of aliphatic imine (C=N–C) groups is 1. The van der Waals surface area contributed by atoms with Crippen molar-refractivity contribution in [2.45, 2.75) is 0 Å². The highest BCUT2D eigenvalue weighted by atomic mass is 35.5. The molecule has 0 spiro atoms. The van der Waals surface area contributed by atoms with E-state index in [4.69, 9.17) is 23.2 Å². The summed E-state index contributed by atoms with van der Waals surface area (Å²) in [7, 11) is 0. The van der Waals surface area contributed by atoms with Crippen LogP contribution in [0, 0.1) is 0 Å². The molecule has 16 heavy (non-hydrogen) atoms. The molecule has 0 atom stereocenters. The van der Waals surface area contributed by atoms with Gasteiger partial charge in [0.05, 0.1) is 29.3 Å². The molecule has 1 aromatic carbocycles. The Hall–Kier alpha value is -1.26. The van der Waals surface area contributed by atoms with Gasteiger partial charge in [-0.25, -0.2) is 5.53 Å². The number of benzene rings is 1. The van der Waals surface area contributed by atoms with Gasteiger partial charge in [-0.1, -0.05) is 29.3 Å². The van der Waals surface area contributed by atoms with Crippen LogP contribution in [0.15, 0.2) is 28.3 Å². The Balaban J connectivity index is 2.02. The quantitative estimate of drug-likeness (QED) is 0.666. The molecule has 0 saturated heterocycles. The molecule has 1 heterocycles. The number of nitrogens with zero attached hydrogens (tertiary/aromatic N) is 3. The first-order valence-corrected chi connectivity index (χ1v) is 5.52. The number of hydrazine groups is 1. The van der Waals surface area contributed by atoms with Crippen LogP contribution in [0.3, 0.4) is 0 Å². The molecule has 4 nitrogen and oxygen atoms in total. The molecule has 1 aliphatic rings. The first-order chi connectivity index (χ1) is 7.77. The fourth-order valence-corrected chi connectivity index (χ4v) is 1.75. The van der Waals surface area contributed by atoms with Gasteiger partial charge in [0.1, 0.15) is 6.34 Å². The Morgan fingerprint density at radius 2 is 2.12 bits per heavy atom. The SMILES string of the molecule is Clc1cccc(Cl)c1C=NNN1C=NCC1. The van der Waals surface area contributed by atoms with Crippen molar-refractivity contribution in [1.82, 2.24) is 10.5 Å². The largest absolute Gasteiger partial charge is 0.272 e. The topological polar surface area (TPSA) is 40.0 Å². The number of halogens is 2. The highest BCUT2D eigenvalue weighted by molar-refractivity contribution is 6.38. The summed E-state index contributed by atoms with van der Waals surface area (Å²) in [6.07, 6.45) is 3.29. The van der Waals surface area contributed by atoms with E-state index >= 15 is 0 Å². The van der Waals surface area contributed by atoms with E-state index in [1.807, 2.05) is 0 Å². The molecular formula is C10H10Cl2N4. The fraction of sp³-hybridized carbons (Fsp3) is 0.200. The molecule has 1 aliphatic heterocycles. The van der Waals surface area contributed by atoms with Crippen molar-refractivity contribution in [3.8, 4) is 0 Å². The minimum absolute atomic E-state index is 0.577. The summed E-state index contributed by atoms with van der Waals surface area (Å²) in [5.41, 5.74) is 3.52. The summed E-state index contributed by atoms with van der Waals surface area (Å²) in [6, 6.07) is 5.33. The van der Waals surface area contributed by atoms with E-state index in [9.17, 15) is 0 Å². The maximum absolute atomic E-state index is 5.98. The lowest BCUT2D eigenvalue weighted by molar-refractivity contribution is 0.354. The van der Waals surface area contributed by atoms with Crippen molar-refractivity contribution in [3.63, 3.8) is 0 Å². The smallest absolute Gasteiger partial charge is 0.105 e. The van der Waals surface area contributed by atoms with Crippen molar-refractivity contribution < 1.29 is 0 Å². The van der Waals surface area contributed by atoms with Crippen molar-refractivity contribution in [3.05, 3.63) is 33.8 Å². The van der Waals surface area contributed by atoms with Crippen molar-refractivity contribution in [2.75, 3.05) is 13.1 Å². The van der Waals surface area contributed by atoms with E-state index in [-0.39, 0.29) is 0 Å². The highest BCUT2D eigenvalue weighted by Gasteiger charge is 2.04. The second kappa shape index (κ2) is 5.18. The van der Waals surface area contributed by atoms with Gasteiger partial charge in [0.25, 0.3) is 0 Å². The maximum Gasteiger partial charge on any atom is 0.105 e. The van der Waals surface area contributed by atoms with Crippen LogP contribution in [0.25, 0.3) is 0 Å². The van der Waals surface area contributed by atoms with Gasteiger partial charge in [-0.05, 0) is 12.1 Å². The average Bonchev–Trinajstić information content (AvgIpc) is 2.75. The van der Waals surface area contributed by atoms with Crippen molar-refractivity contribution in [2.24, 2.45) is 10.1 Å². The fourth-order valence-electron chi connectivity index (χ4n) is 1.26. The average molecular weight is 257 g/mol. The van der Waals surface area contributed by atoms with E-state index in [1.165, 1.54) is 0 Å². The minimum Gasteiger partial charge on any atom is -0.272 e. The zero-order chi connectivity index (χ0) is 11.4. The second-order valence-corrected chi connectivity index (χ2v) is 4.02. The van der Waals surface area contributed by atoms with E-state index in [1.54, 1.807) is 35.8 Å². The van der Waals surface area contributed by atoms with Gasteiger partial charge < -0.3 is 0 Å². The molecule has 0 radical (unpaired) electrons. The molecule has 0 bridgehead atoms. The van der Waals surface area contributed by atoms with Crippen LogP contribution in [0.5, 0.6) is 0 Å². The van der Waals surface area contributed by atoms with Gasteiger partial charge >= 0.3 is 0 Å². The lowest BCUT2D eigenvalue weighted by atomic mass is 10.2. The number of rotatable bonds is 3. The monoisotopic (exact) mass is 256 g/mol. The zero-order valence-corrected chi connectivity index (χ0v) is 9.91. The molecule has 0 unspecified atom stereocenters. The predicted octanol–water partition coefficient (Wildman–Crippen LogP) is 2.18. The molecule has 0 aliphatic carbocycles. The van der Waals surface area contributed by atoms with Crippen LogP contribution in [0.1, 0.15) is 5.56 Å². The van der Waals surface area contributed by atoms with Gasteiger partial charge in [-0.2, -0.15) is 5.10 Å². The van der Waals surface area contributed by atoms with Crippen LogP contribution in [0.4, 0.5) is 0 Å². The maximum atomic E-state index is 5.98. The van der Waals surface area contributed by atoms with E-state index in [0.29, 0.717) is 15.6 Å². The predicted molar refractivity (Wildman–Crippen MR) is 67.3 cm³/mol. The third-order valence-corrected chi connectivity index (χ3v) is 2.73. The summed E-state index contributed by atoms with van der Waals surface area (Å²) in [4.78, 5) is 4.04. The number of hydrogen-bond donors (Lipinski definition) is 1. The number of hydrogen-bond acceptors (Lipinski definition) is 4. The Bertz CT molecular complexity index is 411. The number of hydrazone groups is 1. The molecule has 0 amide bonds. The van der Waals surface area contributed by atoms with Gasteiger partial charge in [0, 0.05) is 5.56 Å². The van der Waals surface area contributed by atoms with Crippen LogP contribution in [-0.4, -0.2) is 30.7 Å².